The average molecular weight is 1620 g/mol. The van der Waals surface area contributed by atoms with Crippen LogP contribution in [0.25, 0.3) is 44.9 Å². The van der Waals surface area contributed by atoms with Crippen LogP contribution in [0.2, 0.25) is 0 Å². The summed E-state index contributed by atoms with van der Waals surface area (Å²) in [6.07, 6.45) is 3.35. The number of amides is 1. The molecule has 1 saturated carbocycles. The number of aromatic nitrogens is 2. The van der Waals surface area contributed by atoms with Crippen molar-refractivity contribution in [2.75, 3.05) is 0 Å². The summed E-state index contributed by atoms with van der Waals surface area (Å²) in [5, 5.41) is 28.8. The first-order valence-corrected chi connectivity index (χ1v) is 42.6. The van der Waals surface area contributed by atoms with Crippen molar-refractivity contribution < 1.29 is 34.7 Å². The second-order valence-corrected chi connectivity index (χ2v) is 35.1. The van der Waals surface area contributed by atoms with Gasteiger partial charge in [0.15, 0.2) is 0 Å². The van der Waals surface area contributed by atoms with E-state index in [9.17, 15) is 9.90 Å². The van der Waals surface area contributed by atoms with Crippen molar-refractivity contribution >= 4 is 113 Å². The molecule has 1 aliphatic carbocycles. The number of carboxylic acid groups (broad SMARTS) is 1. The molecule has 6 nitrogen and oxygen atoms in total. The molecular weight excluding hydrogens is 1530 g/mol. The molecule has 0 saturated heterocycles. The Hall–Kier alpha value is -11.4. The molecule has 550 valence electrons. The Morgan fingerprint density at radius 2 is 0.536 bits per heavy atom. The molecule has 0 atom stereocenters. The summed E-state index contributed by atoms with van der Waals surface area (Å²) in [5.41, 5.74) is 6.19. The van der Waals surface area contributed by atoms with Crippen molar-refractivity contribution in [1.82, 2.24) is 15.3 Å². The van der Waals surface area contributed by atoms with E-state index in [1.165, 1.54) is 63.7 Å². The van der Waals surface area contributed by atoms with Gasteiger partial charge in [-0.2, -0.15) is 0 Å². The van der Waals surface area contributed by atoms with Gasteiger partial charge in [0.1, 0.15) is 11.3 Å². The maximum Gasteiger partial charge on any atom is 0.405 e. The molecule has 1 amide bonds. The Morgan fingerprint density at radius 3 is 0.759 bits per heavy atom. The van der Waals surface area contributed by atoms with Crippen LogP contribution < -0.4 is 69.0 Å². The van der Waals surface area contributed by atoms with Crippen LogP contribution >= 0.6 is 31.7 Å². The predicted molar refractivity (Wildman–Crippen MR) is 475 cm³/mol. The van der Waals surface area contributed by atoms with Gasteiger partial charge < -0.3 is 14.8 Å². The molecule has 0 radical (unpaired) electrons. The number of rotatable bonds is 17. The third-order valence-electron chi connectivity index (χ3n) is 19.0. The van der Waals surface area contributed by atoms with E-state index >= 15 is 0 Å². The third-order valence-corrected chi connectivity index (χ3v) is 28.7. The fourth-order valence-electron chi connectivity index (χ4n) is 13.6. The molecule has 17 aromatic rings. The molecule has 1 fully saturated rings. The van der Waals surface area contributed by atoms with E-state index in [0.29, 0.717) is 17.0 Å². The van der Waals surface area contributed by atoms with Gasteiger partial charge in [0.2, 0.25) is 5.71 Å². The zero-order valence-electron chi connectivity index (χ0n) is 61.7. The summed E-state index contributed by atoms with van der Waals surface area (Å²) in [4.78, 5) is 20.9. The van der Waals surface area contributed by atoms with Gasteiger partial charge in [-0.1, -0.05) is 449 Å². The summed E-state index contributed by atoms with van der Waals surface area (Å²) in [6, 6.07) is 157. The Labute approximate surface area is 676 Å². The van der Waals surface area contributed by atoms with Crippen molar-refractivity contribution in [3.8, 4) is 33.7 Å². The third kappa shape index (κ3) is 20.4. The largest absolute Gasteiger partial charge is 0.465 e. The van der Waals surface area contributed by atoms with E-state index in [0.717, 1.165) is 52.8 Å². The van der Waals surface area contributed by atoms with Crippen molar-refractivity contribution in [2.24, 2.45) is 0 Å². The summed E-state index contributed by atoms with van der Waals surface area (Å²) in [5.74, 6) is 0.691. The SMILES string of the molecule is O=C(O)NC1(c2ccc(-c3oc4ncc(-c5ccccc5)nc4c3-c3ccccc3)cc2)CCC1.[Pd].c1ccc(P(c2ccccc2)c2ccccc2)cc1.c1ccc(P(c2ccccc2)c2ccccc2)cc1.c1ccc(P(c2ccccc2)c2ccccc2)cc1.c1ccc(P(c2ccccc2)c2ccccc2)cc1. The number of nitrogens with zero attached hydrogens (tertiary/aromatic N) is 2. The van der Waals surface area contributed by atoms with Crippen LogP contribution in [-0.4, -0.2) is 21.2 Å². The standard InChI is InChI=1S/C29H23N3O3.4C18H15P.Pd/c33-28(34)32-29(16-7-17-29)22-14-12-21(13-15-22)26-24(20-10-5-2-6-11-20)25-27(35-26)30-18-23(31-25)19-8-3-1-4-9-19;4*1-4-10-16(11-5-1)19(17-12-6-2-7-13-17)18-14-8-3-9-15-18;/h1-6,8-15,18,32H,7,16-17H2,(H,33,34);4*1-15H;. The normalized spacial score (nSPS) is 11.7. The van der Waals surface area contributed by atoms with Crippen LogP contribution in [0.1, 0.15) is 24.8 Å². The minimum absolute atomic E-state index is 0. The molecule has 0 bridgehead atoms. The molecule has 0 spiro atoms. The number of nitrogens with one attached hydrogen (secondary N) is 1. The van der Waals surface area contributed by atoms with E-state index in [1.54, 1.807) is 6.20 Å². The van der Waals surface area contributed by atoms with Gasteiger partial charge in [0, 0.05) is 31.5 Å². The molecule has 2 N–H and O–H groups in total. The smallest absolute Gasteiger partial charge is 0.405 e. The molecular formula is C101H83N3O3P4Pd. The van der Waals surface area contributed by atoms with Gasteiger partial charge in [-0.05, 0) is 126 Å². The topological polar surface area (TPSA) is 88.2 Å². The molecule has 2 aromatic heterocycles. The fraction of sp³-hybridized carbons (Fsp3) is 0.0396. The number of furan rings is 1. The number of hydrogen-bond acceptors (Lipinski definition) is 4. The predicted octanol–water partition coefficient (Wildman–Crippen LogP) is 20.6. The molecule has 18 rings (SSSR count). The monoisotopic (exact) mass is 1620 g/mol. The Kier molecular flexibility index (Phi) is 28.4. The molecule has 0 unspecified atom stereocenters. The van der Waals surface area contributed by atoms with E-state index in [1.807, 2.05) is 84.9 Å². The molecule has 0 aliphatic heterocycles. The molecule has 1 aliphatic rings. The van der Waals surface area contributed by atoms with E-state index < -0.39 is 43.3 Å². The second-order valence-electron chi connectivity index (χ2n) is 26.3. The first kappa shape index (κ1) is 78.7. The zero-order valence-corrected chi connectivity index (χ0v) is 66.8. The van der Waals surface area contributed by atoms with Crippen LogP contribution in [0, 0.1) is 0 Å². The van der Waals surface area contributed by atoms with Crippen molar-refractivity contribution in [3.05, 3.63) is 461 Å². The Morgan fingerprint density at radius 1 is 0.304 bits per heavy atom. The van der Waals surface area contributed by atoms with Crippen LogP contribution in [0.3, 0.4) is 0 Å². The number of hydrogen-bond donors (Lipinski definition) is 2. The Bertz CT molecular complexity index is 4740. The molecule has 2 heterocycles. The Balaban J connectivity index is 0.000000126. The summed E-state index contributed by atoms with van der Waals surface area (Å²) in [7, 11) is -1.78. The van der Waals surface area contributed by atoms with Crippen LogP contribution in [-0.2, 0) is 26.0 Å². The molecule has 11 heteroatoms. The maximum atomic E-state index is 11.4. The first-order valence-electron chi connectivity index (χ1n) is 37.3. The van der Waals surface area contributed by atoms with Gasteiger partial charge in [-0.25, -0.2) is 14.8 Å². The summed E-state index contributed by atoms with van der Waals surface area (Å²) >= 11 is 0. The van der Waals surface area contributed by atoms with Crippen molar-refractivity contribution in [1.29, 1.82) is 0 Å². The average Bonchev–Trinajstić information content (AvgIpc) is 1.11. The van der Waals surface area contributed by atoms with E-state index in [4.69, 9.17) is 9.40 Å². The molecule has 15 aromatic carbocycles. The summed E-state index contributed by atoms with van der Waals surface area (Å²) in [6.45, 7) is 0. The van der Waals surface area contributed by atoms with E-state index in [-0.39, 0.29) is 20.4 Å². The van der Waals surface area contributed by atoms with E-state index in [2.05, 4.69) is 374 Å². The van der Waals surface area contributed by atoms with Gasteiger partial charge in [0.25, 0.3) is 0 Å². The number of carbonyl (C=O) groups is 1. The van der Waals surface area contributed by atoms with Gasteiger partial charge >= 0.3 is 6.09 Å². The second kappa shape index (κ2) is 40.5. The summed E-state index contributed by atoms with van der Waals surface area (Å²) < 4.78 is 6.28. The number of fused-ring (bicyclic) bond motifs is 1. The van der Waals surface area contributed by atoms with Crippen LogP contribution in [0.15, 0.2) is 460 Å². The van der Waals surface area contributed by atoms with Gasteiger partial charge in [0.05, 0.1) is 23.0 Å². The van der Waals surface area contributed by atoms with Crippen molar-refractivity contribution in [3.63, 3.8) is 0 Å². The van der Waals surface area contributed by atoms with Crippen LogP contribution in [0.4, 0.5) is 4.79 Å². The first-order chi connectivity index (χ1) is 54.9. The van der Waals surface area contributed by atoms with Crippen LogP contribution in [0.5, 0.6) is 0 Å². The minimum Gasteiger partial charge on any atom is -0.465 e. The number of benzene rings is 15. The molecule has 112 heavy (non-hydrogen) atoms. The quantitative estimate of drug-likeness (QED) is 0.0701. The zero-order chi connectivity index (χ0) is 75.5. The minimum atomic E-state index is -0.996. The van der Waals surface area contributed by atoms with Gasteiger partial charge in [-0.15, -0.1) is 0 Å². The fourth-order valence-corrected chi connectivity index (χ4v) is 22.8. The maximum absolute atomic E-state index is 11.4. The van der Waals surface area contributed by atoms with Crippen molar-refractivity contribution in [2.45, 2.75) is 24.8 Å². The van der Waals surface area contributed by atoms with Gasteiger partial charge in [-0.3, -0.25) is 0 Å².